The van der Waals surface area contributed by atoms with E-state index in [0.717, 1.165) is 17.7 Å². The molecule has 0 amide bonds. The quantitative estimate of drug-likeness (QED) is 0.658. The predicted octanol–water partition coefficient (Wildman–Crippen LogP) is 3.06. The Morgan fingerprint density at radius 1 is 1.00 bits per heavy atom. The van der Waals surface area contributed by atoms with E-state index >= 15 is 0 Å². The van der Waals surface area contributed by atoms with Crippen molar-refractivity contribution in [2.45, 2.75) is 0 Å². The summed E-state index contributed by atoms with van der Waals surface area (Å²) >= 11 is 4.84. The Kier molecular flexibility index (Phi) is 5.05. The van der Waals surface area contributed by atoms with Gasteiger partial charge in [0.15, 0.2) is 11.6 Å². The van der Waals surface area contributed by atoms with E-state index in [1.54, 1.807) is 24.3 Å². The standard InChI is InChI=1S/C15H13F2NO2S/c16-11-3-6-14(13(17)9-11)20-8-7-19-12-4-1-10(2-5-12)15(18)21/h1-6,9H,7-8H2,(H2,18,21). The third-order valence-corrected chi connectivity index (χ3v) is 2.88. The lowest BCUT2D eigenvalue weighted by molar-refractivity contribution is 0.211. The molecule has 0 saturated heterocycles. The van der Waals surface area contributed by atoms with Crippen LogP contribution in [0.1, 0.15) is 5.56 Å². The van der Waals surface area contributed by atoms with Gasteiger partial charge in [-0.2, -0.15) is 0 Å². The van der Waals surface area contributed by atoms with Gasteiger partial charge in [0.25, 0.3) is 0 Å². The Morgan fingerprint density at radius 3 is 2.29 bits per heavy atom. The van der Waals surface area contributed by atoms with E-state index in [1.165, 1.54) is 6.07 Å². The molecule has 2 aromatic rings. The molecule has 21 heavy (non-hydrogen) atoms. The number of hydrogen-bond donors (Lipinski definition) is 1. The summed E-state index contributed by atoms with van der Waals surface area (Å²) < 4.78 is 36.6. The van der Waals surface area contributed by atoms with Gasteiger partial charge < -0.3 is 15.2 Å². The summed E-state index contributed by atoms with van der Waals surface area (Å²) in [6, 6.07) is 10.1. The Morgan fingerprint density at radius 2 is 1.67 bits per heavy atom. The first-order valence-corrected chi connectivity index (χ1v) is 6.57. The molecule has 0 spiro atoms. The largest absolute Gasteiger partial charge is 0.490 e. The molecule has 2 aromatic carbocycles. The number of thiocarbonyl (C=S) groups is 1. The second-order valence-electron chi connectivity index (χ2n) is 4.16. The fourth-order valence-corrected chi connectivity index (χ4v) is 1.75. The molecule has 0 fully saturated rings. The number of nitrogens with two attached hydrogens (primary N) is 1. The van der Waals surface area contributed by atoms with Gasteiger partial charge in [-0.25, -0.2) is 8.78 Å². The topological polar surface area (TPSA) is 44.5 Å². The van der Waals surface area contributed by atoms with Crippen LogP contribution in [0.15, 0.2) is 42.5 Å². The lowest BCUT2D eigenvalue weighted by atomic mass is 10.2. The molecule has 0 atom stereocenters. The second-order valence-corrected chi connectivity index (χ2v) is 4.60. The molecule has 0 unspecified atom stereocenters. The average Bonchev–Trinajstić information content (AvgIpc) is 2.46. The molecule has 3 nitrogen and oxygen atoms in total. The number of hydrogen-bond acceptors (Lipinski definition) is 3. The van der Waals surface area contributed by atoms with Gasteiger partial charge in [0.05, 0.1) is 0 Å². The first-order chi connectivity index (χ1) is 10.1. The molecule has 2 rings (SSSR count). The highest BCUT2D eigenvalue weighted by atomic mass is 32.1. The zero-order valence-electron chi connectivity index (χ0n) is 11.0. The zero-order chi connectivity index (χ0) is 15.2. The minimum atomic E-state index is -0.740. The minimum absolute atomic E-state index is 0.0103. The van der Waals surface area contributed by atoms with Gasteiger partial charge in [-0.15, -0.1) is 0 Å². The monoisotopic (exact) mass is 309 g/mol. The number of rotatable bonds is 6. The normalized spacial score (nSPS) is 10.2. The second kappa shape index (κ2) is 6.99. The smallest absolute Gasteiger partial charge is 0.167 e. The van der Waals surface area contributed by atoms with Gasteiger partial charge in [-0.1, -0.05) is 12.2 Å². The molecule has 0 heterocycles. The van der Waals surface area contributed by atoms with Gasteiger partial charge in [-0.05, 0) is 36.4 Å². The van der Waals surface area contributed by atoms with Crippen molar-refractivity contribution in [2.75, 3.05) is 13.2 Å². The van der Waals surface area contributed by atoms with Crippen molar-refractivity contribution >= 4 is 17.2 Å². The van der Waals surface area contributed by atoms with Crippen LogP contribution in [0.5, 0.6) is 11.5 Å². The van der Waals surface area contributed by atoms with E-state index in [4.69, 9.17) is 27.4 Å². The van der Waals surface area contributed by atoms with Crippen molar-refractivity contribution in [1.29, 1.82) is 0 Å². The maximum Gasteiger partial charge on any atom is 0.167 e. The lowest BCUT2D eigenvalue weighted by Crippen LogP contribution is -2.11. The van der Waals surface area contributed by atoms with Gasteiger partial charge in [0.2, 0.25) is 0 Å². The molecule has 2 N–H and O–H groups in total. The summed E-state index contributed by atoms with van der Waals surface area (Å²) in [5, 5.41) is 0. The van der Waals surface area contributed by atoms with Crippen molar-refractivity contribution in [3.63, 3.8) is 0 Å². The molecular formula is C15H13F2NO2S. The number of halogens is 2. The number of ether oxygens (including phenoxy) is 2. The van der Waals surface area contributed by atoms with Crippen molar-refractivity contribution in [1.82, 2.24) is 0 Å². The van der Waals surface area contributed by atoms with Crippen LogP contribution >= 0.6 is 12.2 Å². The van der Waals surface area contributed by atoms with Crippen molar-refractivity contribution < 1.29 is 18.3 Å². The van der Waals surface area contributed by atoms with Gasteiger partial charge in [0, 0.05) is 11.6 Å². The van der Waals surface area contributed by atoms with Crippen molar-refractivity contribution in [2.24, 2.45) is 5.73 Å². The van der Waals surface area contributed by atoms with Gasteiger partial charge in [-0.3, -0.25) is 0 Å². The molecule has 0 aliphatic rings. The Hall–Kier alpha value is -2.21. The van der Waals surface area contributed by atoms with Crippen LogP contribution in [0.2, 0.25) is 0 Å². The maximum absolute atomic E-state index is 13.3. The van der Waals surface area contributed by atoms with E-state index in [1.807, 2.05) is 0 Å². The van der Waals surface area contributed by atoms with Crippen LogP contribution in [-0.4, -0.2) is 18.2 Å². The minimum Gasteiger partial charge on any atom is -0.490 e. The van der Waals surface area contributed by atoms with E-state index < -0.39 is 11.6 Å². The molecular weight excluding hydrogens is 296 g/mol. The molecule has 0 aromatic heterocycles. The Bertz CT molecular complexity index is 632. The van der Waals surface area contributed by atoms with Gasteiger partial charge >= 0.3 is 0 Å². The highest BCUT2D eigenvalue weighted by Gasteiger charge is 2.04. The van der Waals surface area contributed by atoms with Crippen molar-refractivity contribution in [3.8, 4) is 11.5 Å². The predicted molar refractivity (Wildman–Crippen MR) is 79.7 cm³/mol. The van der Waals surface area contributed by atoms with Crippen LogP contribution < -0.4 is 15.2 Å². The molecule has 0 aliphatic carbocycles. The summed E-state index contributed by atoms with van der Waals surface area (Å²) in [5.41, 5.74) is 6.23. The third kappa shape index (κ3) is 4.39. The molecule has 0 saturated carbocycles. The van der Waals surface area contributed by atoms with E-state index in [2.05, 4.69) is 0 Å². The van der Waals surface area contributed by atoms with E-state index in [0.29, 0.717) is 10.7 Å². The van der Waals surface area contributed by atoms with Crippen LogP contribution in [0.3, 0.4) is 0 Å². The van der Waals surface area contributed by atoms with Crippen LogP contribution in [0, 0.1) is 11.6 Å². The van der Waals surface area contributed by atoms with E-state index in [9.17, 15) is 8.78 Å². The molecule has 0 bridgehead atoms. The fraction of sp³-hybridized carbons (Fsp3) is 0.133. The Labute approximate surface area is 126 Å². The highest BCUT2D eigenvalue weighted by Crippen LogP contribution is 2.17. The zero-order valence-corrected chi connectivity index (χ0v) is 11.8. The molecule has 6 heteroatoms. The first kappa shape index (κ1) is 15.2. The third-order valence-electron chi connectivity index (χ3n) is 2.64. The Balaban J connectivity index is 1.80. The summed E-state index contributed by atoms with van der Waals surface area (Å²) in [6.45, 7) is 0.364. The van der Waals surface area contributed by atoms with Crippen LogP contribution in [0.25, 0.3) is 0 Å². The van der Waals surface area contributed by atoms with E-state index in [-0.39, 0.29) is 19.0 Å². The fourth-order valence-electron chi connectivity index (χ4n) is 1.62. The number of benzene rings is 2. The summed E-state index contributed by atoms with van der Waals surface area (Å²) in [4.78, 5) is 0.316. The molecule has 0 aliphatic heterocycles. The van der Waals surface area contributed by atoms with Crippen LogP contribution in [0.4, 0.5) is 8.78 Å². The molecule has 0 radical (unpaired) electrons. The first-order valence-electron chi connectivity index (χ1n) is 6.17. The summed E-state index contributed by atoms with van der Waals surface area (Å²) in [5.74, 6) is -0.771. The highest BCUT2D eigenvalue weighted by molar-refractivity contribution is 7.80. The summed E-state index contributed by atoms with van der Waals surface area (Å²) in [6.07, 6.45) is 0. The maximum atomic E-state index is 13.3. The molecule has 110 valence electrons. The average molecular weight is 309 g/mol. The SMILES string of the molecule is NC(=S)c1ccc(OCCOc2ccc(F)cc2F)cc1. The lowest BCUT2D eigenvalue weighted by Gasteiger charge is -2.09. The summed E-state index contributed by atoms with van der Waals surface area (Å²) in [7, 11) is 0. The van der Waals surface area contributed by atoms with Gasteiger partial charge in [0.1, 0.15) is 29.8 Å². The van der Waals surface area contributed by atoms with Crippen LogP contribution in [-0.2, 0) is 0 Å². The van der Waals surface area contributed by atoms with Crippen molar-refractivity contribution in [3.05, 3.63) is 59.7 Å².